The Labute approximate surface area is 131 Å². The maximum Gasteiger partial charge on any atom is 0.0641 e. The van der Waals surface area contributed by atoms with Crippen molar-refractivity contribution in [3.63, 3.8) is 0 Å². The van der Waals surface area contributed by atoms with Gasteiger partial charge < -0.3 is 5.11 Å². The van der Waals surface area contributed by atoms with Crippen LogP contribution >= 0.6 is 0 Å². The highest BCUT2D eigenvalue weighted by molar-refractivity contribution is 5.65. The molecule has 0 fully saturated rings. The minimum Gasteiger partial charge on any atom is -0.394 e. The van der Waals surface area contributed by atoms with Crippen LogP contribution in [0.5, 0.6) is 0 Å². The predicted molar refractivity (Wildman–Crippen MR) is 88.5 cm³/mol. The minimum atomic E-state index is 0.132. The average Bonchev–Trinajstić information content (AvgIpc) is 3.03. The molecule has 116 valence electrons. The minimum absolute atomic E-state index is 0.132. The van der Waals surface area contributed by atoms with Crippen LogP contribution in [0, 0.1) is 0 Å². The molecular weight excluding hydrogens is 274 g/mol. The zero-order valence-electron chi connectivity index (χ0n) is 12.9. The lowest BCUT2D eigenvalue weighted by Crippen LogP contribution is -2.30. The third-order valence-corrected chi connectivity index (χ3v) is 4.19. The van der Waals surface area contributed by atoms with Gasteiger partial charge in [0.1, 0.15) is 0 Å². The second-order valence-electron chi connectivity index (χ2n) is 5.73. The van der Waals surface area contributed by atoms with Crippen LogP contribution in [0.1, 0.15) is 17.5 Å². The van der Waals surface area contributed by atoms with Gasteiger partial charge in [0.05, 0.1) is 19.3 Å². The molecule has 1 aliphatic heterocycles. The van der Waals surface area contributed by atoms with Crippen molar-refractivity contribution in [3.05, 3.63) is 59.9 Å². The molecule has 1 aromatic carbocycles. The third-order valence-electron chi connectivity index (χ3n) is 4.19. The first-order valence-corrected chi connectivity index (χ1v) is 7.94. The van der Waals surface area contributed by atoms with Crippen LogP contribution < -0.4 is 0 Å². The Hall–Kier alpha value is -1.91. The Morgan fingerprint density at radius 2 is 2.00 bits per heavy atom. The maximum atomic E-state index is 8.94. The van der Waals surface area contributed by atoms with E-state index in [4.69, 9.17) is 5.11 Å². The quantitative estimate of drug-likeness (QED) is 0.889. The van der Waals surface area contributed by atoms with Crippen LogP contribution in [0.4, 0.5) is 0 Å². The van der Waals surface area contributed by atoms with E-state index in [1.54, 1.807) is 4.68 Å². The molecule has 0 saturated heterocycles. The SMILES string of the molecule is OCCn1cc(C2=CCN(CCc3ccccc3)CC2)cn1. The van der Waals surface area contributed by atoms with E-state index >= 15 is 0 Å². The van der Waals surface area contributed by atoms with Crippen LogP contribution in [-0.4, -0.2) is 46.0 Å². The van der Waals surface area contributed by atoms with Gasteiger partial charge in [0.25, 0.3) is 0 Å². The average molecular weight is 297 g/mol. The Balaban J connectivity index is 1.53. The van der Waals surface area contributed by atoms with Gasteiger partial charge in [0, 0.05) is 31.4 Å². The fourth-order valence-electron chi connectivity index (χ4n) is 2.86. The van der Waals surface area contributed by atoms with Crippen LogP contribution in [0.15, 0.2) is 48.8 Å². The topological polar surface area (TPSA) is 41.3 Å². The summed E-state index contributed by atoms with van der Waals surface area (Å²) in [4.78, 5) is 2.49. The van der Waals surface area contributed by atoms with Crippen LogP contribution in [0.25, 0.3) is 5.57 Å². The Morgan fingerprint density at radius 3 is 2.73 bits per heavy atom. The number of benzene rings is 1. The molecule has 1 aromatic heterocycles. The Bertz CT molecular complexity index is 618. The second kappa shape index (κ2) is 7.38. The van der Waals surface area contributed by atoms with Gasteiger partial charge in [-0.25, -0.2) is 0 Å². The van der Waals surface area contributed by atoms with Gasteiger partial charge in [-0.3, -0.25) is 9.58 Å². The highest BCUT2D eigenvalue weighted by Gasteiger charge is 2.14. The molecule has 4 nitrogen and oxygen atoms in total. The van der Waals surface area contributed by atoms with Gasteiger partial charge in [-0.05, 0) is 24.0 Å². The third kappa shape index (κ3) is 3.84. The first kappa shape index (κ1) is 15.0. The van der Waals surface area contributed by atoms with E-state index in [1.165, 1.54) is 16.7 Å². The first-order chi connectivity index (χ1) is 10.8. The van der Waals surface area contributed by atoms with Gasteiger partial charge in [0.15, 0.2) is 0 Å². The summed E-state index contributed by atoms with van der Waals surface area (Å²) in [5.74, 6) is 0. The zero-order chi connectivity index (χ0) is 15.2. The highest BCUT2D eigenvalue weighted by atomic mass is 16.3. The van der Waals surface area contributed by atoms with Crippen LogP contribution in [-0.2, 0) is 13.0 Å². The van der Waals surface area contributed by atoms with E-state index in [1.807, 2.05) is 12.4 Å². The summed E-state index contributed by atoms with van der Waals surface area (Å²) in [6.07, 6.45) is 8.43. The number of hydrogen-bond donors (Lipinski definition) is 1. The number of rotatable bonds is 6. The molecule has 1 N–H and O–H groups in total. The number of hydrogen-bond acceptors (Lipinski definition) is 3. The van der Waals surface area contributed by atoms with Gasteiger partial charge in [0.2, 0.25) is 0 Å². The molecule has 22 heavy (non-hydrogen) atoms. The normalized spacial score (nSPS) is 15.8. The first-order valence-electron chi connectivity index (χ1n) is 7.94. The summed E-state index contributed by atoms with van der Waals surface area (Å²) in [7, 11) is 0. The number of aliphatic hydroxyl groups excluding tert-OH is 1. The summed E-state index contributed by atoms with van der Waals surface area (Å²) in [6, 6.07) is 10.7. The van der Waals surface area contributed by atoms with Crippen molar-refractivity contribution in [2.24, 2.45) is 0 Å². The molecule has 3 rings (SSSR count). The Morgan fingerprint density at radius 1 is 1.14 bits per heavy atom. The van der Waals surface area contributed by atoms with Crippen molar-refractivity contribution in [2.75, 3.05) is 26.2 Å². The lowest BCUT2D eigenvalue weighted by molar-refractivity contribution is 0.269. The molecule has 0 saturated carbocycles. The van der Waals surface area contributed by atoms with Gasteiger partial charge in [-0.15, -0.1) is 0 Å². The van der Waals surface area contributed by atoms with E-state index in [0.717, 1.165) is 32.5 Å². The van der Waals surface area contributed by atoms with E-state index in [9.17, 15) is 0 Å². The zero-order valence-corrected chi connectivity index (χ0v) is 12.9. The smallest absolute Gasteiger partial charge is 0.0641 e. The number of aliphatic hydroxyl groups is 1. The second-order valence-corrected chi connectivity index (χ2v) is 5.73. The van der Waals surface area contributed by atoms with Crippen molar-refractivity contribution in [2.45, 2.75) is 19.4 Å². The Kier molecular flexibility index (Phi) is 5.03. The molecule has 0 aliphatic carbocycles. The highest BCUT2D eigenvalue weighted by Crippen LogP contribution is 2.21. The molecule has 4 heteroatoms. The van der Waals surface area contributed by atoms with Crippen molar-refractivity contribution in [1.82, 2.24) is 14.7 Å². The predicted octanol–water partition coefficient (Wildman–Crippen LogP) is 2.21. The van der Waals surface area contributed by atoms with E-state index in [2.05, 4.69) is 46.4 Å². The molecule has 0 unspecified atom stereocenters. The summed E-state index contributed by atoms with van der Waals surface area (Å²) >= 11 is 0. The lowest BCUT2D eigenvalue weighted by atomic mass is 10.0. The molecule has 0 atom stereocenters. The van der Waals surface area contributed by atoms with E-state index in [-0.39, 0.29) is 6.61 Å². The summed E-state index contributed by atoms with van der Waals surface area (Å²) in [5.41, 5.74) is 3.97. The summed E-state index contributed by atoms with van der Waals surface area (Å²) in [6.45, 7) is 3.92. The molecule has 2 heterocycles. The monoisotopic (exact) mass is 297 g/mol. The molecule has 0 bridgehead atoms. The van der Waals surface area contributed by atoms with Crippen molar-refractivity contribution in [1.29, 1.82) is 0 Å². The van der Waals surface area contributed by atoms with Crippen molar-refractivity contribution < 1.29 is 5.11 Å². The summed E-state index contributed by atoms with van der Waals surface area (Å²) in [5, 5.41) is 13.2. The maximum absolute atomic E-state index is 8.94. The lowest BCUT2D eigenvalue weighted by Gasteiger charge is -2.26. The molecular formula is C18H23N3O. The molecule has 2 aromatic rings. The van der Waals surface area contributed by atoms with Crippen molar-refractivity contribution >= 4 is 5.57 Å². The standard InChI is InChI=1S/C18H23N3O/c22-13-12-21-15-18(14-19-21)17-7-10-20(11-8-17)9-6-16-4-2-1-3-5-16/h1-5,7,14-15,22H,6,8-13H2. The van der Waals surface area contributed by atoms with Crippen molar-refractivity contribution in [3.8, 4) is 0 Å². The van der Waals surface area contributed by atoms with Crippen LogP contribution in [0.3, 0.4) is 0 Å². The molecule has 0 radical (unpaired) electrons. The fourth-order valence-corrected chi connectivity index (χ4v) is 2.86. The van der Waals surface area contributed by atoms with Gasteiger partial charge in [-0.1, -0.05) is 36.4 Å². The van der Waals surface area contributed by atoms with Gasteiger partial charge in [-0.2, -0.15) is 5.10 Å². The van der Waals surface area contributed by atoms with Crippen LogP contribution in [0.2, 0.25) is 0 Å². The molecule has 1 aliphatic rings. The molecule has 0 spiro atoms. The molecule has 0 amide bonds. The number of nitrogens with zero attached hydrogens (tertiary/aromatic N) is 3. The van der Waals surface area contributed by atoms with E-state index < -0.39 is 0 Å². The largest absolute Gasteiger partial charge is 0.394 e. The van der Waals surface area contributed by atoms with E-state index in [0.29, 0.717) is 6.54 Å². The number of aromatic nitrogens is 2. The van der Waals surface area contributed by atoms with Gasteiger partial charge >= 0.3 is 0 Å². The summed E-state index contributed by atoms with van der Waals surface area (Å²) < 4.78 is 1.80. The fraction of sp³-hybridized carbons (Fsp3) is 0.389.